The second-order valence-corrected chi connectivity index (χ2v) is 6.29. The number of amides is 1. The number of fused-ring (bicyclic) bond motifs is 1. The van der Waals surface area contributed by atoms with Gasteiger partial charge in [-0.3, -0.25) is 9.59 Å². The number of nitrogens with one attached hydrogen (secondary N) is 1. The molecular weight excluding hydrogens is 344 g/mol. The van der Waals surface area contributed by atoms with Crippen LogP contribution in [0.25, 0.3) is 11.2 Å². The first-order valence-electron chi connectivity index (χ1n) is 8.18. The molecule has 1 fully saturated rings. The molecule has 1 amide bonds. The van der Waals surface area contributed by atoms with Gasteiger partial charge in [0.2, 0.25) is 5.91 Å². The number of carboxylic acid groups (broad SMARTS) is 1. The van der Waals surface area contributed by atoms with Gasteiger partial charge < -0.3 is 30.9 Å². The van der Waals surface area contributed by atoms with Gasteiger partial charge in [0.1, 0.15) is 24.1 Å². The molecule has 0 bridgehead atoms. The number of nitrogen functional groups attached to an aromatic ring is 1. The van der Waals surface area contributed by atoms with Crippen LogP contribution in [-0.4, -0.2) is 65.0 Å². The Morgan fingerprint density at radius 2 is 2.00 bits per heavy atom. The van der Waals surface area contributed by atoms with Crippen molar-refractivity contribution in [3.8, 4) is 0 Å². The second-order valence-electron chi connectivity index (χ2n) is 6.29. The lowest BCUT2D eigenvalue weighted by Gasteiger charge is -2.18. The molecule has 0 spiro atoms. The largest absolute Gasteiger partial charge is 0.481 e. The van der Waals surface area contributed by atoms with E-state index in [2.05, 4.69) is 20.3 Å². The van der Waals surface area contributed by atoms with Gasteiger partial charge in [-0.05, 0) is 12.8 Å². The number of carbonyl (C=O) groups excluding carboxylic acids is 1. The van der Waals surface area contributed by atoms with E-state index >= 15 is 0 Å². The minimum Gasteiger partial charge on any atom is -0.481 e. The molecule has 2 aromatic rings. The molecule has 1 aliphatic carbocycles. The normalized spacial score (nSPS) is 25.5. The van der Waals surface area contributed by atoms with Gasteiger partial charge in [0.05, 0.1) is 18.4 Å². The van der Waals surface area contributed by atoms with Crippen LogP contribution in [0.4, 0.5) is 5.82 Å². The van der Waals surface area contributed by atoms with E-state index in [4.69, 9.17) is 10.8 Å². The number of carbonyl (C=O) groups is 2. The van der Waals surface area contributed by atoms with Gasteiger partial charge in [-0.25, -0.2) is 15.0 Å². The maximum atomic E-state index is 11.9. The van der Waals surface area contributed by atoms with E-state index in [1.54, 1.807) is 4.57 Å². The third-order valence-electron chi connectivity index (χ3n) is 4.54. The summed E-state index contributed by atoms with van der Waals surface area (Å²) in [6, 6.07) is -1.21. The average Bonchev–Trinajstić information content (AvgIpc) is 3.12. The van der Waals surface area contributed by atoms with E-state index < -0.39 is 30.3 Å². The molecule has 6 N–H and O–H groups in total. The quantitative estimate of drug-likeness (QED) is 0.422. The summed E-state index contributed by atoms with van der Waals surface area (Å²) in [5.41, 5.74) is 6.58. The fraction of sp³-hybridized carbons (Fsp3) is 0.533. The highest BCUT2D eigenvalue weighted by Gasteiger charge is 2.43. The van der Waals surface area contributed by atoms with Crippen molar-refractivity contribution in [3.05, 3.63) is 12.7 Å². The van der Waals surface area contributed by atoms with E-state index in [1.807, 2.05) is 0 Å². The summed E-state index contributed by atoms with van der Waals surface area (Å²) < 4.78 is 1.61. The van der Waals surface area contributed by atoms with Crippen molar-refractivity contribution in [3.63, 3.8) is 0 Å². The second kappa shape index (κ2) is 7.22. The van der Waals surface area contributed by atoms with Crippen molar-refractivity contribution >= 4 is 28.9 Å². The Balaban J connectivity index is 1.70. The number of nitrogens with zero attached hydrogens (tertiary/aromatic N) is 4. The van der Waals surface area contributed by atoms with E-state index in [9.17, 15) is 19.8 Å². The van der Waals surface area contributed by atoms with E-state index in [-0.39, 0.29) is 37.4 Å². The zero-order valence-corrected chi connectivity index (χ0v) is 13.8. The Kier molecular flexibility index (Phi) is 5.00. The van der Waals surface area contributed by atoms with Crippen molar-refractivity contribution in [2.75, 3.05) is 5.73 Å². The first kappa shape index (κ1) is 18.0. The van der Waals surface area contributed by atoms with Gasteiger partial charge in [-0.15, -0.1) is 0 Å². The number of aromatic nitrogens is 4. The zero-order valence-electron chi connectivity index (χ0n) is 13.8. The maximum Gasteiger partial charge on any atom is 0.303 e. The minimum atomic E-state index is -1.17. The Hall–Kier alpha value is -2.79. The van der Waals surface area contributed by atoms with Crippen LogP contribution >= 0.6 is 0 Å². The highest BCUT2D eigenvalue weighted by Crippen LogP contribution is 2.33. The number of aliphatic hydroxyl groups excluding tert-OH is 2. The Morgan fingerprint density at radius 1 is 1.23 bits per heavy atom. The SMILES string of the molecule is Nc1ncnc2c1ncn2[C@H]1C[C@@H](NC(=O)CCCC(=O)O)[C@@H](O)[C@H]1O. The van der Waals surface area contributed by atoms with Crippen LogP contribution < -0.4 is 11.1 Å². The molecule has 0 aliphatic heterocycles. The average molecular weight is 364 g/mol. The number of aliphatic hydroxyl groups is 2. The topological polar surface area (TPSA) is 176 Å². The Bertz CT molecular complexity index is 824. The maximum absolute atomic E-state index is 11.9. The summed E-state index contributed by atoms with van der Waals surface area (Å²) in [7, 11) is 0. The number of nitrogens with two attached hydrogens (primary N) is 1. The first-order valence-corrected chi connectivity index (χ1v) is 8.18. The summed E-state index contributed by atoms with van der Waals surface area (Å²) in [5.74, 6) is -1.13. The molecular formula is C15H20N6O5. The molecule has 2 heterocycles. The number of carboxylic acids is 1. The van der Waals surface area contributed by atoms with Crippen molar-refractivity contribution in [2.45, 2.75) is 50.0 Å². The highest BCUT2D eigenvalue weighted by atomic mass is 16.4. The summed E-state index contributed by atoms with van der Waals surface area (Å²) in [6.07, 6.45) is 0.860. The van der Waals surface area contributed by atoms with Crippen LogP contribution in [0, 0.1) is 0 Å². The van der Waals surface area contributed by atoms with Crippen molar-refractivity contribution in [1.29, 1.82) is 0 Å². The van der Waals surface area contributed by atoms with Crippen LogP contribution in [-0.2, 0) is 9.59 Å². The lowest BCUT2D eigenvalue weighted by molar-refractivity contribution is -0.137. The first-order chi connectivity index (χ1) is 12.4. The molecule has 0 unspecified atom stereocenters. The fourth-order valence-corrected chi connectivity index (χ4v) is 3.22. The molecule has 2 aromatic heterocycles. The van der Waals surface area contributed by atoms with Gasteiger partial charge in [0.15, 0.2) is 11.5 Å². The van der Waals surface area contributed by atoms with E-state index in [1.165, 1.54) is 12.7 Å². The third-order valence-corrected chi connectivity index (χ3v) is 4.54. The standard InChI is InChI=1S/C15H20N6O5/c16-14-11-15(18-5-17-14)21(6-19-11)8-4-7(12(25)13(8)26)20-9(22)2-1-3-10(23)24/h5-8,12-13,25-26H,1-4H2,(H,20,22)(H,23,24)(H2,16,17,18)/t7-,8+,12-,13+/m1/s1. The van der Waals surface area contributed by atoms with Crippen LogP contribution in [0.1, 0.15) is 31.7 Å². The highest BCUT2D eigenvalue weighted by molar-refractivity contribution is 5.81. The number of aliphatic carboxylic acids is 1. The van der Waals surface area contributed by atoms with E-state index in [0.29, 0.717) is 11.2 Å². The van der Waals surface area contributed by atoms with Crippen LogP contribution in [0.3, 0.4) is 0 Å². The lowest BCUT2D eigenvalue weighted by atomic mass is 10.1. The molecule has 140 valence electrons. The van der Waals surface area contributed by atoms with Gasteiger partial charge in [0.25, 0.3) is 0 Å². The van der Waals surface area contributed by atoms with Crippen molar-refractivity contribution in [1.82, 2.24) is 24.8 Å². The molecule has 0 saturated heterocycles. The van der Waals surface area contributed by atoms with Gasteiger partial charge in [-0.2, -0.15) is 0 Å². The summed E-state index contributed by atoms with van der Waals surface area (Å²) in [5, 5.41) is 31.9. The molecule has 11 heteroatoms. The van der Waals surface area contributed by atoms with Crippen molar-refractivity contribution < 1.29 is 24.9 Å². The fourth-order valence-electron chi connectivity index (χ4n) is 3.22. The molecule has 1 saturated carbocycles. The summed E-state index contributed by atoms with van der Waals surface area (Å²) in [6.45, 7) is 0. The number of hydrogen-bond donors (Lipinski definition) is 5. The number of hydrogen-bond acceptors (Lipinski definition) is 8. The molecule has 0 aromatic carbocycles. The number of rotatable bonds is 6. The molecule has 4 atom stereocenters. The molecule has 26 heavy (non-hydrogen) atoms. The monoisotopic (exact) mass is 364 g/mol. The molecule has 0 radical (unpaired) electrons. The zero-order chi connectivity index (χ0) is 18.8. The van der Waals surface area contributed by atoms with E-state index in [0.717, 1.165) is 0 Å². The van der Waals surface area contributed by atoms with Crippen molar-refractivity contribution in [2.24, 2.45) is 0 Å². The Morgan fingerprint density at radius 3 is 2.73 bits per heavy atom. The van der Waals surface area contributed by atoms with Crippen LogP contribution in [0.2, 0.25) is 0 Å². The van der Waals surface area contributed by atoms with Gasteiger partial charge in [-0.1, -0.05) is 0 Å². The minimum absolute atomic E-state index is 0.0358. The summed E-state index contributed by atoms with van der Waals surface area (Å²) in [4.78, 5) is 34.5. The van der Waals surface area contributed by atoms with Crippen LogP contribution in [0.15, 0.2) is 12.7 Å². The van der Waals surface area contributed by atoms with Crippen LogP contribution in [0.5, 0.6) is 0 Å². The molecule has 3 rings (SSSR count). The molecule has 1 aliphatic rings. The predicted molar refractivity (Wildman–Crippen MR) is 88.8 cm³/mol. The van der Waals surface area contributed by atoms with Gasteiger partial charge >= 0.3 is 5.97 Å². The molecule has 11 nitrogen and oxygen atoms in total. The van der Waals surface area contributed by atoms with Gasteiger partial charge in [0, 0.05) is 12.8 Å². The lowest BCUT2D eigenvalue weighted by Crippen LogP contribution is -2.43. The Labute approximate surface area is 147 Å². The smallest absolute Gasteiger partial charge is 0.303 e. The third kappa shape index (κ3) is 3.44. The summed E-state index contributed by atoms with van der Waals surface area (Å²) >= 11 is 0. The number of imidazole rings is 1. The number of anilines is 1. The predicted octanol–water partition coefficient (Wildman–Crippen LogP) is -1.19.